The zero-order valence-corrected chi connectivity index (χ0v) is 15.0. The first kappa shape index (κ1) is 17.4. The van der Waals surface area contributed by atoms with Crippen LogP contribution >= 0.6 is 11.6 Å². The third-order valence-electron chi connectivity index (χ3n) is 5.20. The molecule has 6 heteroatoms. The summed E-state index contributed by atoms with van der Waals surface area (Å²) in [6.45, 7) is 3.10. The van der Waals surface area contributed by atoms with Gasteiger partial charge in [0.1, 0.15) is 12.2 Å². The van der Waals surface area contributed by atoms with Gasteiger partial charge in [-0.15, -0.1) is 10.2 Å². The van der Waals surface area contributed by atoms with Crippen LogP contribution in [-0.2, 0) is 13.1 Å². The van der Waals surface area contributed by atoms with Crippen molar-refractivity contribution in [3.8, 4) is 0 Å². The zero-order chi connectivity index (χ0) is 16.9. The van der Waals surface area contributed by atoms with E-state index in [-0.39, 0.29) is 0 Å². The van der Waals surface area contributed by atoms with E-state index in [2.05, 4.69) is 43.6 Å². The molecular weight excluding hydrogens is 322 g/mol. The molecule has 1 fully saturated rings. The quantitative estimate of drug-likeness (QED) is 0.907. The summed E-state index contributed by atoms with van der Waals surface area (Å²) in [6.07, 6.45) is 6.90. The van der Waals surface area contributed by atoms with Gasteiger partial charge in [-0.3, -0.25) is 4.90 Å². The minimum absolute atomic E-state index is 0.670. The number of benzene rings is 1. The lowest BCUT2D eigenvalue weighted by molar-refractivity contribution is 0.116. The molecule has 2 heterocycles. The molecule has 130 valence electrons. The van der Waals surface area contributed by atoms with Gasteiger partial charge < -0.3 is 10.3 Å². The number of fused-ring (bicyclic) bond motifs is 1. The van der Waals surface area contributed by atoms with Crippen LogP contribution in [0.2, 0.25) is 5.02 Å². The van der Waals surface area contributed by atoms with E-state index >= 15 is 0 Å². The van der Waals surface area contributed by atoms with Crippen LogP contribution in [0.3, 0.4) is 0 Å². The Morgan fingerprint density at radius 1 is 1.12 bits per heavy atom. The van der Waals surface area contributed by atoms with Gasteiger partial charge in [0.2, 0.25) is 0 Å². The highest BCUT2D eigenvalue weighted by Gasteiger charge is 2.29. The Kier molecular flexibility index (Phi) is 5.87. The summed E-state index contributed by atoms with van der Waals surface area (Å²) in [6, 6.07) is 9.08. The molecule has 1 aromatic carbocycles. The summed E-state index contributed by atoms with van der Waals surface area (Å²) < 4.78 is 2.17. The van der Waals surface area contributed by atoms with Crippen molar-refractivity contribution in [3.05, 3.63) is 47.0 Å². The lowest BCUT2D eigenvalue weighted by Crippen LogP contribution is -2.42. The van der Waals surface area contributed by atoms with Crippen LogP contribution < -0.4 is 5.73 Å². The molecule has 0 bridgehead atoms. The number of hydrogen-bond acceptors (Lipinski definition) is 4. The highest BCUT2D eigenvalue weighted by Crippen LogP contribution is 2.36. The second kappa shape index (κ2) is 8.10. The van der Waals surface area contributed by atoms with Crippen molar-refractivity contribution in [3.63, 3.8) is 0 Å². The minimum atomic E-state index is 0.670. The Bertz CT molecular complexity index is 648. The Morgan fingerprint density at radius 2 is 1.92 bits per heavy atom. The minimum Gasteiger partial charge on any atom is -0.333 e. The predicted molar refractivity (Wildman–Crippen MR) is 97.0 cm³/mol. The average Bonchev–Trinajstić information content (AvgIpc) is 3.11. The molecule has 0 atom stereocenters. The number of halogens is 1. The molecule has 1 aliphatic heterocycles. The SMILES string of the molecule is CN.Clc1cccc(C2CCC(N3CCn4cnnc4C3)CC2)c1. The van der Waals surface area contributed by atoms with Crippen LogP contribution in [-0.4, -0.2) is 39.3 Å². The fourth-order valence-corrected chi connectivity index (χ4v) is 4.13. The molecule has 2 aromatic rings. The summed E-state index contributed by atoms with van der Waals surface area (Å²) in [7, 11) is 1.50. The van der Waals surface area contributed by atoms with E-state index in [4.69, 9.17) is 11.6 Å². The first-order valence-corrected chi connectivity index (χ1v) is 9.11. The van der Waals surface area contributed by atoms with Crippen LogP contribution in [0, 0.1) is 0 Å². The van der Waals surface area contributed by atoms with E-state index in [1.165, 1.54) is 38.3 Å². The van der Waals surface area contributed by atoms with Gasteiger partial charge >= 0.3 is 0 Å². The average molecular weight is 348 g/mol. The summed E-state index contributed by atoms with van der Waals surface area (Å²) in [5.41, 5.74) is 5.91. The largest absolute Gasteiger partial charge is 0.333 e. The Morgan fingerprint density at radius 3 is 2.67 bits per heavy atom. The molecule has 24 heavy (non-hydrogen) atoms. The molecule has 0 amide bonds. The lowest BCUT2D eigenvalue weighted by atomic mass is 9.81. The van der Waals surface area contributed by atoms with Crippen LogP contribution in [0.15, 0.2) is 30.6 Å². The van der Waals surface area contributed by atoms with Gasteiger partial charge in [0.25, 0.3) is 0 Å². The van der Waals surface area contributed by atoms with Crippen molar-refractivity contribution in [1.82, 2.24) is 19.7 Å². The second-order valence-corrected chi connectivity index (χ2v) is 6.91. The number of nitrogens with two attached hydrogens (primary N) is 1. The molecule has 0 spiro atoms. The van der Waals surface area contributed by atoms with E-state index in [0.717, 1.165) is 30.5 Å². The van der Waals surface area contributed by atoms with Crippen molar-refractivity contribution >= 4 is 11.6 Å². The second-order valence-electron chi connectivity index (χ2n) is 6.47. The predicted octanol–water partition coefficient (Wildman–Crippen LogP) is 3.05. The van der Waals surface area contributed by atoms with Crippen LogP contribution in [0.25, 0.3) is 0 Å². The first-order valence-electron chi connectivity index (χ1n) is 8.73. The third-order valence-corrected chi connectivity index (χ3v) is 5.44. The number of aromatic nitrogens is 3. The maximum atomic E-state index is 6.13. The molecule has 2 aliphatic rings. The van der Waals surface area contributed by atoms with E-state index in [0.29, 0.717) is 12.0 Å². The highest BCUT2D eigenvalue weighted by atomic mass is 35.5. The molecule has 4 rings (SSSR count). The van der Waals surface area contributed by atoms with E-state index in [1.807, 2.05) is 12.4 Å². The molecule has 2 N–H and O–H groups in total. The molecule has 0 radical (unpaired) electrons. The van der Waals surface area contributed by atoms with Gasteiger partial charge in [-0.2, -0.15) is 0 Å². The number of nitrogens with zero attached hydrogens (tertiary/aromatic N) is 4. The topological polar surface area (TPSA) is 60.0 Å². The summed E-state index contributed by atoms with van der Waals surface area (Å²) in [4.78, 5) is 2.60. The van der Waals surface area contributed by atoms with Crippen molar-refractivity contribution in [2.75, 3.05) is 13.6 Å². The molecule has 1 aliphatic carbocycles. The van der Waals surface area contributed by atoms with Crippen molar-refractivity contribution < 1.29 is 0 Å². The Balaban J connectivity index is 0.000000815. The van der Waals surface area contributed by atoms with Gasteiger partial charge in [0.15, 0.2) is 0 Å². The molecule has 1 aromatic heterocycles. The number of hydrogen-bond donors (Lipinski definition) is 1. The fourth-order valence-electron chi connectivity index (χ4n) is 3.93. The van der Waals surface area contributed by atoms with E-state index in [9.17, 15) is 0 Å². The van der Waals surface area contributed by atoms with Gasteiger partial charge in [0, 0.05) is 24.2 Å². The molecule has 0 unspecified atom stereocenters. The highest BCUT2D eigenvalue weighted by molar-refractivity contribution is 6.30. The maximum absolute atomic E-state index is 6.13. The molecule has 1 saturated carbocycles. The molecular formula is C18H26ClN5. The smallest absolute Gasteiger partial charge is 0.147 e. The summed E-state index contributed by atoms with van der Waals surface area (Å²) >= 11 is 6.13. The first-order chi connectivity index (χ1) is 11.8. The lowest BCUT2D eigenvalue weighted by Gasteiger charge is -2.38. The standard InChI is InChI=1S/C17H21ClN4.CH5N/c18-15-3-1-2-14(10-15)13-4-6-16(7-5-13)21-8-9-22-12-19-20-17(22)11-21;1-2/h1-3,10,12-13,16H,4-9,11H2;2H2,1H3. The zero-order valence-electron chi connectivity index (χ0n) is 14.2. The van der Waals surface area contributed by atoms with Gasteiger partial charge in [-0.25, -0.2) is 0 Å². The van der Waals surface area contributed by atoms with Crippen LogP contribution in [0.4, 0.5) is 0 Å². The fraction of sp³-hybridized carbons (Fsp3) is 0.556. The van der Waals surface area contributed by atoms with E-state index in [1.54, 1.807) is 0 Å². The monoisotopic (exact) mass is 347 g/mol. The molecule has 0 saturated heterocycles. The van der Waals surface area contributed by atoms with Crippen LogP contribution in [0.5, 0.6) is 0 Å². The van der Waals surface area contributed by atoms with Crippen molar-refractivity contribution in [2.24, 2.45) is 5.73 Å². The van der Waals surface area contributed by atoms with Gasteiger partial charge in [0.05, 0.1) is 6.54 Å². The van der Waals surface area contributed by atoms with Crippen LogP contribution in [0.1, 0.15) is 43.0 Å². The summed E-state index contributed by atoms with van der Waals surface area (Å²) in [5.74, 6) is 1.78. The Labute approximate surface area is 148 Å². The molecule has 5 nitrogen and oxygen atoms in total. The number of rotatable bonds is 2. The normalized spacial score (nSPS) is 24.0. The Hall–Kier alpha value is -1.43. The third kappa shape index (κ3) is 3.79. The van der Waals surface area contributed by atoms with Gasteiger partial charge in [-0.05, 0) is 56.3 Å². The van der Waals surface area contributed by atoms with Crippen molar-refractivity contribution in [2.45, 2.75) is 50.7 Å². The van der Waals surface area contributed by atoms with Crippen molar-refractivity contribution in [1.29, 1.82) is 0 Å². The maximum Gasteiger partial charge on any atom is 0.147 e. The van der Waals surface area contributed by atoms with Gasteiger partial charge in [-0.1, -0.05) is 23.7 Å². The summed E-state index contributed by atoms with van der Waals surface area (Å²) in [5, 5.41) is 9.10. The van der Waals surface area contributed by atoms with E-state index < -0.39 is 0 Å².